The summed E-state index contributed by atoms with van der Waals surface area (Å²) in [5.74, 6) is 1.28. The van der Waals surface area contributed by atoms with Crippen LogP contribution >= 0.6 is 23.4 Å². The predicted molar refractivity (Wildman–Crippen MR) is 136 cm³/mol. The zero-order chi connectivity index (χ0) is 23.9. The predicted octanol–water partition coefficient (Wildman–Crippen LogP) is 5.23. The van der Waals surface area contributed by atoms with Crippen LogP contribution in [0.1, 0.15) is 12.5 Å². The number of hydrazone groups is 1. The molecule has 4 rings (SSSR count). The van der Waals surface area contributed by atoms with Crippen LogP contribution in [0.3, 0.4) is 0 Å². The van der Waals surface area contributed by atoms with Gasteiger partial charge in [0.25, 0.3) is 5.91 Å². The molecule has 0 aliphatic carbocycles. The van der Waals surface area contributed by atoms with Crippen LogP contribution < -0.4 is 10.2 Å². The van der Waals surface area contributed by atoms with Gasteiger partial charge in [-0.15, -0.1) is 10.2 Å². The van der Waals surface area contributed by atoms with Crippen LogP contribution in [0.4, 0.5) is 0 Å². The van der Waals surface area contributed by atoms with Gasteiger partial charge in [-0.3, -0.25) is 9.36 Å². The molecule has 0 unspecified atom stereocenters. The first-order valence-corrected chi connectivity index (χ1v) is 11.8. The summed E-state index contributed by atoms with van der Waals surface area (Å²) < 4.78 is 7.15. The summed E-state index contributed by atoms with van der Waals surface area (Å²) in [6, 6.07) is 24.6. The molecule has 172 valence electrons. The lowest BCUT2D eigenvalue weighted by atomic mass is 10.1. The van der Waals surface area contributed by atoms with Gasteiger partial charge in [0, 0.05) is 16.3 Å². The Bertz CT molecular complexity index is 1290. The minimum atomic E-state index is -0.239. The van der Waals surface area contributed by atoms with Gasteiger partial charge < -0.3 is 4.74 Å². The largest absolute Gasteiger partial charge is 0.497 e. The Kier molecular flexibility index (Phi) is 7.61. The lowest BCUT2D eigenvalue weighted by molar-refractivity contribution is -0.118. The number of ether oxygens (including phenoxy) is 1. The highest BCUT2D eigenvalue weighted by molar-refractivity contribution is 7.99. The molecule has 0 bridgehead atoms. The normalized spacial score (nSPS) is 11.3. The number of carbonyl (C=O) groups is 1. The zero-order valence-electron chi connectivity index (χ0n) is 18.6. The molecule has 4 aromatic rings. The van der Waals surface area contributed by atoms with Gasteiger partial charge in [0.05, 0.1) is 18.6 Å². The molecule has 1 amide bonds. The molecule has 0 atom stereocenters. The number of nitrogens with zero attached hydrogens (tertiary/aromatic N) is 4. The molecule has 0 saturated carbocycles. The fraction of sp³-hybridized carbons (Fsp3) is 0.120. The summed E-state index contributed by atoms with van der Waals surface area (Å²) in [4.78, 5) is 12.5. The molecule has 3 aromatic carbocycles. The Morgan fingerprint density at radius 3 is 2.41 bits per heavy atom. The molecule has 1 heterocycles. The fourth-order valence-corrected chi connectivity index (χ4v) is 4.04. The van der Waals surface area contributed by atoms with Crippen molar-refractivity contribution in [3.05, 3.63) is 89.4 Å². The molecule has 34 heavy (non-hydrogen) atoms. The average Bonchev–Trinajstić information content (AvgIpc) is 3.31. The van der Waals surface area contributed by atoms with Gasteiger partial charge in [-0.1, -0.05) is 53.7 Å². The summed E-state index contributed by atoms with van der Waals surface area (Å²) in [6.45, 7) is 1.85. The van der Waals surface area contributed by atoms with E-state index in [9.17, 15) is 4.79 Å². The first kappa shape index (κ1) is 23.5. The number of benzene rings is 3. The van der Waals surface area contributed by atoms with Crippen LogP contribution in [0.5, 0.6) is 5.75 Å². The molecule has 1 N–H and O–H groups in total. The Hall–Kier alpha value is -3.62. The monoisotopic (exact) mass is 491 g/mol. The SMILES string of the molecule is COc1ccc(-c2nnc(SCC(=O)N/N=C(\C)c3ccccc3)n2-c2ccc(Cl)cc2)cc1. The number of aromatic nitrogens is 3. The molecule has 1 aromatic heterocycles. The van der Waals surface area contributed by atoms with E-state index in [-0.39, 0.29) is 11.7 Å². The maximum absolute atomic E-state index is 12.5. The third kappa shape index (κ3) is 5.65. The lowest BCUT2D eigenvalue weighted by Crippen LogP contribution is -2.21. The van der Waals surface area contributed by atoms with Gasteiger partial charge >= 0.3 is 0 Å². The minimum absolute atomic E-state index is 0.125. The molecule has 0 saturated heterocycles. The number of hydrogen-bond donors (Lipinski definition) is 1. The van der Waals surface area contributed by atoms with Gasteiger partial charge in [0.15, 0.2) is 11.0 Å². The molecule has 0 spiro atoms. The van der Waals surface area contributed by atoms with Crippen molar-refractivity contribution in [3.8, 4) is 22.8 Å². The van der Waals surface area contributed by atoms with E-state index < -0.39 is 0 Å². The first-order chi connectivity index (χ1) is 16.5. The summed E-state index contributed by atoms with van der Waals surface area (Å²) in [6.07, 6.45) is 0. The maximum atomic E-state index is 12.5. The number of methoxy groups -OCH3 is 1. The third-order valence-electron chi connectivity index (χ3n) is 4.94. The molecule has 7 nitrogen and oxygen atoms in total. The van der Waals surface area contributed by atoms with E-state index in [1.54, 1.807) is 19.2 Å². The molecular weight excluding hydrogens is 470 g/mol. The molecule has 0 aliphatic rings. The van der Waals surface area contributed by atoms with Crippen molar-refractivity contribution in [1.82, 2.24) is 20.2 Å². The topological polar surface area (TPSA) is 81.4 Å². The number of rotatable bonds is 8. The van der Waals surface area contributed by atoms with Crippen molar-refractivity contribution in [1.29, 1.82) is 0 Å². The lowest BCUT2D eigenvalue weighted by Gasteiger charge is -2.11. The van der Waals surface area contributed by atoms with Crippen LogP contribution in [0.25, 0.3) is 17.1 Å². The fourth-order valence-electron chi connectivity index (χ4n) is 3.17. The molecule has 0 aliphatic heterocycles. The van der Waals surface area contributed by atoms with E-state index in [0.717, 1.165) is 28.3 Å². The molecule has 9 heteroatoms. The highest BCUT2D eigenvalue weighted by atomic mass is 35.5. The Morgan fingerprint density at radius 1 is 1.03 bits per heavy atom. The van der Waals surface area contributed by atoms with E-state index in [0.29, 0.717) is 16.0 Å². The Morgan fingerprint density at radius 2 is 1.74 bits per heavy atom. The van der Waals surface area contributed by atoms with Crippen molar-refractivity contribution >= 4 is 35.0 Å². The second-order valence-corrected chi connectivity index (χ2v) is 8.61. The number of amides is 1. The molecular formula is C25H22ClN5O2S. The van der Waals surface area contributed by atoms with Crippen molar-refractivity contribution in [2.45, 2.75) is 12.1 Å². The minimum Gasteiger partial charge on any atom is -0.497 e. The second-order valence-electron chi connectivity index (χ2n) is 7.23. The standard InChI is InChI=1S/C25H22ClN5O2S/c1-17(18-6-4-3-5-7-18)27-28-23(32)16-34-25-30-29-24(19-8-14-22(33-2)15-9-19)31(25)21-12-10-20(26)11-13-21/h3-15H,16H2,1-2H3,(H,28,32)/b27-17+. The third-order valence-corrected chi connectivity index (χ3v) is 6.12. The van der Waals surface area contributed by atoms with Crippen molar-refractivity contribution in [2.75, 3.05) is 12.9 Å². The zero-order valence-corrected chi connectivity index (χ0v) is 20.2. The maximum Gasteiger partial charge on any atom is 0.250 e. The molecule has 0 fully saturated rings. The van der Waals surface area contributed by atoms with Crippen LogP contribution in [0, 0.1) is 0 Å². The average molecular weight is 492 g/mol. The summed E-state index contributed by atoms with van der Waals surface area (Å²) in [5, 5.41) is 14.1. The Balaban J connectivity index is 1.54. The van der Waals surface area contributed by atoms with Gasteiger partial charge in [0.2, 0.25) is 0 Å². The van der Waals surface area contributed by atoms with Crippen LogP contribution in [-0.2, 0) is 4.79 Å². The first-order valence-electron chi connectivity index (χ1n) is 10.4. The van der Waals surface area contributed by atoms with Crippen LogP contribution in [-0.4, -0.2) is 39.2 Å². The summed E-state index contributed by atoms with van der Waals surface area (Å²) >= 11 is 7.36. The number of carbonyl (C=O) groups excluding carboxylic acids is 1. The van der Waals surface area contributed by atoms with Crippen LogP contribution in [0.15, 0.2) is 89.1 Å². The number of nitrogens with one attached hydrogen (secondary N) is 1. The van der Waals surface area contributed by atoms with Gasteiger partial charge in [-0.05, 0) is 61.0 Å². The number of thioether (sulfide) groups is 1. The van der Waals surface area contributed by atoms with Crippen molar-refractivity contribution in [3.63, 3.8) is 0 Å². The quantitative estimate of drug-likeness (QED) is 0.207. The van der Waals surface area contributed by atoms with E-state index in [4.69, 9.17) is 16.3 Å². The molecule has 0 radical (unpaired) electrons. The van der Waals surface area contributed by atoms with E-state index in [2.05, 4.69) is 20.7 Å². The number of halogens is 1. The smallest absolute Gasteiger partial charge is 0.250 e. The van der Waals surface area contributed by atoms with Gasteiger partial charge in [0.1, 0.15) is 5.75 Å². The second kappa shape index (κ2) is 11.0. The van der Waals surface area contributed by atoms with Crippen molar-refractivity contribution < 1.29 is 9.53 Å². The van der Waals surface area contributed by atoms with Gasteiger partial charge in [-0.2, -0.15) is 5.10 Å². The van der Waals surface area contributed by atoms with E-state index in [1.165, 1.54) is 11.8 Å². The van der Waals surface area contributed by atoms with Gasteiger partial charge in [-0.25, -0.2) is 5.43 Å². The summed E-state index contributed by atoms with van der Waals surface area (Å²) in [5.41, 5.74) is 5.98. The highest BCUT2D eigenvalue weighted by Crippen LogP contribution is 2.29. The van der Waals surface area contributed by atoms with Crippen molar-refractivity contribution in [2.24, 2.45) is 5.10 Å². The van der Waals surface area contributed by atoms with E-state index in [1.807, 2.05) is 78.2 Å². The van der Waals surface area contributed by atoms with Crippen LogP contribution in [0.2, 0.25) is 5.02 Å². The Labute approximate surface area is 206 Å². The number of hydrogen-bond acceptors (Lipinski definition) is 6. The highest BCUT2D eigenvalue weighted by Gasteiger charge is 2.17. The van der Waals surface area contributed by atoms with E-state index >= 15 is 0 Å². The summed E-state index contributed by atoms with van der Waals surface area (Å²) in [7, 11) is 1.62.